The second-order valence-electron chi connectivity index (χ2n) is 6.24. The first-order valence-electron chi connectivity index (χ1n) is 8.29. The maximum Gasteiger partial charge on any atom is 0.117 e. The first-order chi connectivity index (χ1) is 10.3. The Morgan fingerprint density at radius 3 is 2.95 bits per heavy atom. The molecule has 2 fully saturated rings. The van der Waals surface area contributed by atoms with Crippen molar-refractivity contribution in [2.45, 2.75) is 44.8 Å². The lowest BCUT2D eigenvalue weighted by atomic mass is 9.78. The van der Waals surface area contributed by atoms with Crippen molar-refractivity contribution in [3.05, 3.63) is 24.2 Å². The van der Waals surface area contributed by atoms with Gasteiger partial charge < -0.3 is 13.9 Å². The summed E-state index contributed by atoms with van der Waals surface area (Å²) in [4.78, 5) is 2.48. The summed E-state index contributed by atoms with van der Waals surface area (Å²) in [5, 5.41) is 0. The number of hydrogen-bond donors (Lipinski definition) is 0. The van der Waals surface area contributed by atoms with E-state index < -0.39 is 0 Å². The fourth-order valence-corrected chi connectivity index (χ4v) is 3.83. The van der Waals surface area contributed by atoms with E-state index in [1.165, 1.54) is 6.42 Å². The fourth-order valence-electron chi connectivity index (χ4n) is 3.83. The molecule has 1 atom stereocenters. The van der Waals surface area contributed by atoms with Crippen molar-refractivity contribution in [2.75, 3.05) is 32.9 Å². The Hall–Kier alpha value is -0.840. The summed E-state index contributed by atoms with van der Waals surface area (Å²) in [6.07, 6.45) is 6.39. The van der Waals surface area contributed by atoms with Crippen LogP contribution >= 0.6 is 0 Å². The van der Waals surface area contributed by atoms with E-state index in [0.717, 1.165) is 64.5 Å². The van der Waals surface area contributed by atoms with Crippen molar-refractivity contribution in [3.8, 4) is 0 Å². The van der Waals surface area contributed by atoms with Gasteiger partial charge in [0.2, 0.25) is 0 Å². The number of piperidine rings is 1. The Balaban J connectivity index is 1.51. The van der Waals surface area contributed by atoms with Crippen molar-refractivity contribution < 1.29 is 13.9 Å². The van der Waals surface area contributed by atoms with Crippen molar-refractivity contribution >= 4 is 0 Å². The molecule has 21 heavy (non-hydrogen) atoms. The van der Waals surface area contributed by atoms with E-state index in [4.69, 9.17) is 13.9 Å². The van der Waals surface area contributed by atoms with Crippen molar-refractivity contribution in [1.29, 1.82) is 0 Å². The lowest BCUT2D eigenvalue weighted by molar-refractivity contribution is -0.0734. The van der Waals surface area contributed by atoms with Gasteiger partial charge in [-0.3, -0.25) is 4.90 Å². The van der Waals surface area contributed by atoms with E-state index in [1.54, 1.807) is 6.26 Å². The Bertz CT molecular complexity index is 410. The van der Waals surface area contributed by atoms with Gasteiger partial charge in [-0.2, -0.15) is 0 Å². The van der Waals surface area contributed by atoms with Crippen LogP contribution in [0.1, 0.15) is 38.4 Å². The fraction of sp³-hybridized carbons (Fsp3) is 0.765. The minimum Gasteiger partial charge on any atom is -0.468 e. The second kappa shape index (κ2) is 6.95. The zero-order valence-corrected chi connectivity index (χ0v) is 13.1. The highest BCUT2D eigenvalue weighted by atomic mass is 16.5. The molecule has 1 aromatic rings. The minimum atomic E-state index is 0.122. The SMILES string of the molecule is CCOCC[C@@H]1CCOC12CCN(Cc1ccco1)CC2. The van der Waals surface area contributed by atoms with E-state index in [0.29, 0.717) is 5.92 Å². The normalized spacial score (nSPS) is 25.7. The van der Waals surface area contributed by atoms with Crippen LogP contribution in [-0.4, -0.2) is 43.4 Å². The molecule has 2 saturated heterocycles. The van der Waals surface area contributed by atoms with Crippen LogP contribution in [0.5, 0.6) is 0 Å². The molecule has 0 unspecified atom stereocenters. The van der Waals surface area contributed by atoms with Gasteiger partial charge in [0, 0.05) is 32.9 Å². The molecule has 3 rings (SSSR count). The van der Waals surface area contributed by atoms with Gasteiger partial charge >= 0.3 is 0 Å². The number of nitrogens with zero attached hydrogens (tertiary/aromatic N) is 1. The van der Waals surface area contributed by atoms with Crippen LogP contribution in [0.15, 0.2) is 22.8 Å². The highest BCUT2D eigenvalue weighted by Gasteiger charge is 2.45. The number of hydrogen-bond acceptors (Lipinski definition) is 4. The molecule has 4 heteroatoms. The van der Waals surface area contributed by atoms with Crippen LogP contribution in [-0.2, 0) is 16.0 Å². The van der Waals surface area contributed by atoms with E-state index in [9.17, 15) is 0 Å². The molecule has 0 N–H and O–H groups in total. The predicted octanol–water partition coefficient (Wildman–Crippen LogP) is 3.08. The third-order valence-electron chi connectivity index (χ3n) is 5.08. The largest absolute Gasteiger partial charge is 0.468 e. The number of ether oxygens (including phenoxy) is 2. The predicted molar refractivity (Wildman–Crippen MR) is 81.1 cm³/mol. The van der Waals surface area contributed by atoms with Gasteiger partial charge in [0.1, 0.15) is 5.76 Å². The number of likely N-dealkylation sites (tertiary alicyclic amines) is 1. The smallest absolute Gasteiger partial charge is 0.117 e. The molecule has 1 aromatic heterocycles. The molecule has 0 aromatic carbocycles. The van der Waals surface area contributed by atoms with Gasteiger partial charge in [-0.25, -0.2) is 0 Å². The third kappa shape index (κ3) is 3.50. The second-order valence-corrected chi connectivity index (χ2v) is 6.24. The van der Waals surface area contributed by atoms with Gasteiger partial charge in [-0.05, 0) is 50.7 Å². The van der Waals surface area contributed by atoms with Crippen molar-refractivity contribution in [3.63, 3.8) is 0 Å². The van der Waals surface area contributed by atoms with Gasteiger partial charge in [-0.15, -0.1) is 0 Å². The molecule has 1 spiro atoms. The summed E-state index contributed by atoms with van der Waals surface area (Å²) in [6, 6.07) is 4.02. The van der Waals surface area contributed by atoms with E-state index >= 15 is 0 Å². The van der Waals surface area contributed by atoms with Gasteiger partial charge in [0.05, 0.1) is 18.4 Å². The van der Waals surface area contributed by atoms with Crippen LogP contribution in [0.2, 0.25) is 0 Å². The molecule has 0 radical (unpaired) electrons. The first-order valence-corrected chi connectivity index (χ1v) is 8.29. The Morgan fingerprint density at radius 1 is 1.38 bits per heavy atom. The standard InChI is InChI=1S/C17H27NO3/c1-2-19-12-5-15-6-13-21-17(15)7-9-18(10-8-17)14-16-4-3-11-20-16/h3-4,11,15H,2,5-10,12-14H2,1H3/t15-/m1/s1. The van der Waals surface area contributed by atoms with E-state index in [1.807, 2.05) is 6.07 Å². The Kier molecular flexibility index (Phi) is 4.99. The van der Waals surface area contributed by atoms with E-state index in [-0.39, 0.29) is 5.60 Å². The molecule has 2 aliphatic heterocycles. The molecular formula is C17H27NO3. The molecule has 2 aliphatic rings. The molecule has 4 nitrogen and oxygen atoms in total. The molecule has 118 valence electrons. The maximum absolute atomic E-state index is 6.20. The van der Waals surface area contributed by atoms with Gasteiger partial charge in [0.25, 0.3) is 0 Å². The topological polar surface area (TPSA) is 34.8 Å². The summed E-state index contributed by atoms with van der Waals surface area (Å²) in [6.45, 7) is 7.81. The number of furan rings is 1. The highest BCUT2D eigenvalue weighted by molar-refractivity contribution is 5.01. The zero-order chi connectivity index (χ0) is 14.5. The lowest BCUT2D eigenvalue weighted by Crippen LogP contribution is -2.47. The van der Waals surface area contributed by atoms with E-state index in [2.05, 4.69) is 17.9 Å². The van der Waals surface area contributed by atoms with Crippen LogP contribution in [0.4, 0.5) is 0 Å². The average molecular weight is 293 g/mol. The van der Waals surface area contributed by atoms with Crippen molar-refractivity contribution in [2.24, 2.45) is 5.92 Å². The quantitative estimate of drug-likeness (QED) is 0.755. The van der Waals surface area contributed by atoms with Crippen molar-refractivity contribution in [1.82, 2.24) is 4.90 Å². The van der Waals surface area contributed by atoms with Crippen LogP contribution in [0, 0.1) is 5.92 Å². The molecule has 0 bridgehead atoms. The molecule has 0 aliphatic carbocycles. The monoisotopic (exact) mass is 293 g/mol. The molecule has 0 saturated carbocycles. The zero-order valence-electron chi connectivity index (χ0n) is 13.1. The minimum absolute atomic E-state index is 0.122. The Labute approximate surface area is 127 Å². The van der Waals surface area contributed by atoms with Crippen LogP contribution < -0.4 is 0 Å². The summed E-state index contributed by atoms with van der Waals surface area (Å²) >= 11 is 0. The summed E-state index contributed by atoms with van der Waals surface area (Å²) < 4.78 is 17.2. The maximum atomic E-state index is 6.20. The Morgan fingerprint density at radius 2 is 2.24 bits per heavy atom. The number of rotatable bonds is 6. The summed E-state index contributed by atoms with van der Waals surface area (Å²) in [7, 11) is 0. The third-order valence-corrected chi connectivity index (χ3v) is 5.08. The van der Waals surface area contributed by atoms with Gasteiger partial charge in [-0.1, -0.05) is 0 Å². The first kappa shape index (κ1) is 15.1. The highest BCUT2D eigenvalue weighted by Crippen LogP contribution is 2.42. The van der Waals surface area contributed by atoms with Gasteiger partial charge in [0.15, 0.2) is 0 Å². The van der Waals surface area contributed by atoms with Crippen LogP contribution in [0.3, 0.4) is 0 Å². The molecular weight excluding hydrogens is 266 g/mol. The lowest BCUT2D eigenvalue weighted by Gasteiger charge is -2.42. The average Bonchev–Trinajstić information content (AvgIpc) is 3.13. The summed E-state index contributed by atoms with van der Waals surface area (Å²) in [5.41, 5.74) is 0.122. The molecule has 0 amide bonds. The molecule has 3 heterocycles. The summed E-state index contributed by atoms with van der Waals surface area (Å²) in [5.74, 6) is 1.74. The van der Waals surface area contributed by atoms with Crippen LogP contribution in [0.25, 0.3) is 0 Å².